The van der Waals surface area contributed by atoms with Crippen LogP contribution in [0.25, 0.3) is 0 Å². The van der Waals surface area contributed by atoms with Crippen molar-refractivity contribution in [3.63, 3.8) is 0 Å². The van der Waals surface area contributed by atoms with E-state index in [0.717, 1.165) is 44.6 Å². The summed E-state index contributed by atoms with van der Waals surface area (Å²) in [7, 11) is 0. The van der Waals surface area contributed by atoms with Gasteiger partial charge in [0.1, 0.15) is 5.60 Å². The van der Waals surface area contributed by atoms with Crippen LogP contribution in [-0.4, -0.2) is 54.6 Å². The number of nitrogens with zero attached hydrogens (tertiary/aromatic N) is 1. The minimum absolute atomic E-state index is 0.0171. The van der Waals surface area contributed by atoms with Crippen molar-refractivity contribution in [2.24, 2.45) is 11.7 Å². The molecule has 1 aliphatic rings. The van der Waals surface area contributed by atoms with Crippen LogP contribution in [0.5, 0.6) is 0 Å². The third-order valence-corrected chi connectivity index (χ3v) is 4.96. The first-order valence-electron chi connectivity index (χ1n) is 10.5. The number of alkyl carbamates (subject to hydrolysis) is 1. The molecular formula is C22H34N4O4. The zero-order valence-electron chi connectivity index (χ0n) is 18.2. The molecule has 0 unspecified atom stereocenters. The number of nitrogens with two attached hydrogens (primary N) is 1. The van der Waals surface area contributed by atoms with E-state index in [1.807, 2.05) is 24.3 Å². The Morgan fingerprint density at radius 3 is 2.33 bits per heavy atom. The second-order valence-corrected chi connectivity index (χ2v) is 8.69. The highest BCUT2D eigenvalue weighted by Crippen LogP contribution is 2.17. The molecule has 1 heterocycles. The van der Waals surface area contributed by atoms with Gasteiger partial charge in [-0.3, -0.25) is 9.59 Å². The largest absolute Gasteiger partial charge is 0.444 e. The number of piperidine rings is 1. The zero-order valence-corrected chi connectivity index (χ0v) is 18.2. The lowest BCUT2D eigenvalue weighted by atomic mass is 9.96. The molecule has 4 N–H and O–H groups in total. The van der Waals surface area contributed by atoms with E-state index in [9.17, 15) is 14.4 Å². The third kappa shape index (κ3) is 8.82. The van der Waals surface area contributed by atoms with Crippen LogP contribution < -0.4 is 16.4 Å². The number of likely N-dealkylation sites (tertiary alicyclic amines) is 1. The maximum absolute atomic E-state index is 12.0. The Kier molecular flexibility index (Phi) is 8.65. The van der Waals surface area contributed by atoms with Gasteiger partial charge in [0.15, 0.2) is 0 Å². The van der Waals surface area contributed by atoms with Crippen molar-refractivity contribution in [1.29, 1.82) is 0 Å². The van der Waals surface area contributed by atoms with Gasteiger partial charge in [-0.25, -0.2) is 4.79 Å². The lowest BCUT2D eigenvalue weighted by Crippen LogP contribution is -2.39. The van der Waals surface area contributed by atoms with Crippen LogP contribution in [0.2, 0.25) is 0 Å². The molecule has 0 bridgehead atoms. The van der Waals surface area contributed by atoms with E-state index >= 15 is 0 Å². The second-order valence-electron chi connectivity index (χ2n) is 8.69. The summed E-state index contributed by atoms with van der Waals surface area (Å²) in [4.78, 5) is 37.2. The molecular weight excluding hydrogens is 384 g/mol. The maximum Gasteiger partial charge on any atom is 0.407 e. The van der Waals surface area contributed by atoms with Gasteiger partial charge in [-0.15, -0.1) is 0 Å². The van der Waals surface area contributed by atoms with Crippen LogP contribution in [0.15, 0.2) is 24.3 Å². The Bertz CT molecular complexity index is 720. The molecule has 2 rings (SSSR count). The van der Waals surface area contributed by atoms with Gasteiger partial charge in [0, 0.05) is 31.1 Å². The van der Waals surface area contributed by atoms with E-state index in [1.165, 1.54) is 5.56 Å². The lowest BCUT2D eigenvalue weighted by molar-refractivity contribution is -0.123. The molecule has 3 amide bonds. The molecule has 8 nitrogen and oxygen atoms in total. The number of primary amides is 1. The molecule has 0 spiro atoms. The summed E-state index contributed by atoms with van der Waals surface area (Å²) in [5, 5.41) is 5.40. The average Bonchev–Trinajstić information content (AvgIpc) is 2.66. The Morgan fingerprint density at radius 1 is 1.13 bits per heavy atom. The van der Waals surface area contributed by atoms with Gasteiger partial charge in [-0.05, 0) is 70.8 Å². The highest BCUT2D eigenvalue weighted by Gasteiger charge is 2.22. The van der Waals surface area contributed by atoms with Gasteiger partial charge in [0.2, 0.25) is 11.8 Å². The second kappa shape index (κ2) is 11.0. The molecule has 0 aliphatic carbocycles. The van der Waals surface area contributed by atoms with Crippen molar-refractivity contribution in [1.82, 2.24) is 10.2 Å². The molecule has 1 aliphatic heterocycles. The van der Waals surface area contributed by atoms with Gasteiger partial charge in [-0.1, -0.05) is 12.1 Å². The van der Waals surface area contributed by atoms with Crippen LogP contribution in [0, 0.1) is 5.92 Å². The van der Waals surface area contributed by atoms with E-state index in [2.05, 4.69) is 15.5 Å². The van der Waals surface area contributed by atoms with Crippen molar-refractivity contribution < 1.29 is 19.1 Å². The first-order valence-corrected chi connectivity index (χ1v) is 10.5. The Hall–Kier alpha value is -2.61. The zero-order chi connectivity index (χ0) is 22.1. The molecule has 8 heteroatoms. The molecule has 0 aromatic heterocycles. The SMILES string of the molecule is CC(C)(C)OC(=O)NCCC(=O)Nc1ccc(CCN2CCC(C(N)=O)CC2)cc1. The Labute approximate surface area is 178 Å². The number of amides is 3. The van der Waals surface area contributed by atoms with Crippen LogP contribution in [0.3, 0.4) is 0 Å². The monoisotopic (exact) mass is 418 g/mol. The standard InChI is InChI=1S/C22H34N4O4/c1-22(2,3)30-21(29)24-12-8-19(27)25-18-6-4-16(5-7-18)9-13-26-14-10-17(11-15-26)20(23)28/h4-7,17H,8-15H2,1-3H3,(H2,23,28)(H,24,29)(H,25,27). The number of anilines is 1. The van der Waals surface area contributed by atoms with Crippen molar-refractivity contribution in [2.45, 2.75) is 52.1 Å². The summed E-state index contributed by atoms with van der Waals surface area (Å²) in [5.41, 5.74) is 6.73. The highest BCUT2D eigenvalue weighted by molar-refractivity contribution is 5.91. The van der Waals surface area contributed by atoms with Crippen molar-refractivity contribution in [2.75, 3.05) is 31.5 Å². The maximum atomic E-state index is 12.0. The summed E-state index contributed by atoms with van der Waals surface area (Å²) < 4.78 is 5.13. The van der Waals surface area contributed by atoms with Gasteiger partial charge in [0.05, 0.1) is 0 Å². The first kappa shape index (κ1) is 23.7. The number of carbonyl (C=O) groups excluding carboxylic acids is 3. The summed E-state index contributed by atoms with van der Waals surface area (Å²) in [6.07, 6.45) is 2.22. The fourth-order valence-electron chi connectivity index (χ4n) is 3.30. The number of nitrogens with one attached hydrogen (secondary N) is 2. The van der Waals surface area contributed by atoms with E-state index in [-0.39, 0.29) is 30.7 Å². The highest BCUT2D eigenvalue weighted by atomic mass is 16.6. The molecule has 1 aromatic rings. The van der Waals surface area contributed by atoms with E-state index in [0.29, 0.717) is 0 Å². The van der Waals surface area contributed by atoms with Gasteiger partial charge in [0.25, 0.3) is 0 Å². The molecule has 1 saturated heterocycles. The van der Waals surface area contributed by atoms with Crippen molar-refractivity contribution in [3.8, 4) is 0 Å². The van der Waals surface area contributed by atoms with Crippen LogP contribution in [0.4, 0.5) is 10.5 Å². The van der Waals surface area contributed by atoms with Gasteiger partial charge >= 0.3 is 6.09 Å². The minimum Gasteiger partial charge on any atom is -0.444 e. The van der Waals surface area contributed by atoms with Crippen molar-refractivity contribution in [3.05, 3.63) is 29.8 Å². The number of hydrogen-bond acceptors (Lipinski definition) is 5. The molecule has 0 saturated carbocycles. The quantitative estimate of drug-likeness (QED) is 0.599. The predicted octanol–water partition coefficient (Wildman–Crippen LogP) is 2.28. The fraction of sp³-hybridized carbons (Fsp3) is 0.591. The lowest BCUT2D eigenvalue weighted by Gasteiger charge is -2.30. The number of carbonyl (C=O) groups is 3. The van der Waals surface area contributed by atoms with Gasteiger partial charge in [-0.2, -0.15) is 0 Å². The Morgan fingerprint density at radius 2 is 1.77 bits per heavy atom. The molecule has 0 atom stereocenters. The summed E-state index contributed by atoms with van der Waals surface area (Å²) >= 11 is 0. The summed E-state index contributed by atoms with van der Waals surface area (Å²) in [5.74, 6) is -0.340. The number of ether oxygens (including phenoxy) is 1. The fourth-order valence-corrected chi connectivity index (χ4v) is 3.30. The molecule has 166 valence electrons. The minimum atomic E-state index is -0.561. The van der Waals surface area contributed by atoms with Crippen molar-refractivity contribution >= 4 is 23.6 Å². The smallest absolute Gasteiger partial charge is 0.407 e. The summed E-state index contributed by atoms with van der Waals surface area (Å²) in [6, 6.07) is 7.77. The Balaban J connectivity index is 1.66. The van der Waals surface area contributed by atoms with E-state index in [1.54, 1.807) is 20.8 Å². The first-order chi connectivity index (χ1) is 14.1. The van der Waals surface area contributed by atoms with E-state index < -0.39 is 11.7 Å². The predicted molar refractivity (Wildman–Crippen MR) is 116 cm³/mol. The van der Waals surface area contributed by atoms with Crippen LogP contribution >= 0.6 is 0 Å². The molecule has 30 heavy (non-hydrogen) atoms. The third-order valence-electron chi connectivity index (χ3n) is 4.96. The number of rotatable bonds is 8. The van der Waals surface area contributed by atoms with E-state index in [4.69, 9.17) is 10.5 Å². The van der Waals surface area contributed by atoms with Crippen LogP contribution in [-0.2, 0) is 20.7 Å². The average molecular weight is 419 g/mol. The topological polar surface area (TPSA) is 114 Å². The van der Waals surface area contributed by atoms with Crippen LogP contribution in [0.1, 0.15) is 45.6 Å². The molecule has 1 fully saturated rings. The van der Waals surface area contributed by atoms with Gasteiger partial charge < -0.3 is 26.0 Å². The molecule has 0 radical (unpaired) electrons. The summed E-state index contributed by atoms with van der Waals surface area (Å²) in [6.45, 7) is 8.31. The molecule has 1 aromatic carbocycles. The normalized spacial score (nSPS) is 15.4. The number of benzene rings is 1. The number of hydrogen-bond donors (Lipinski definition) is 3.